The molecule has 0 spiro atoms. The molecule has 0 saturated carbocycles. The normalized spacial score (nSPS) is 14.2. The van der Waals surface area contributed by atoms with E-state index >= 15 is 0 Å². The minimum Gasteiger partial charge on any atom is -0.490 e. The number of esters is 1. The van der Waals surface area contributed by atoms with E-state index in [2.05, 4.69) is 26.0 Å². The number of furan rings is 1. The highest BCUT2D eigenvalue weighted by atomic mass is 79.9. The quantitative estimate of drug-likeness (QED) is 0.198. The number of halogens is 2. The summed E-state index contributed by atoms with van der Waals surface area (Å²) >= 11 is 9.75. The fourth-order valence-corrected chi connectivity index (χ4v) is 4.32. The first-order chi connectivity index (χ1) is 17.8. The molecule has 1 aliphatic heterocycles. The zero-order valence-electron chi connectivity index (χ0n) is 19.9. The molecule has 0 radical (unpaired) electrons. The highest BCUT2D eigenvalue weighted by molar-refractivity contribution is 9.10. The molecule has 1 aromatic heterocycles. The predicted octanol–water partition coefficient (Wildman–Crippen LogP) is 5.55. The van der Waals surface area contributed by atoms with Gasteiger partial charge in [-0.1, -0.05) is 29.8 Å². The second-order valence-electron chi connectivity index (χ2n) is 7.78. The molecular weight excluding hydrogens is 568 g/mol. The van der Waals surface area contributed by atoms with Crippen molar-refractivity contribution in [3.63, 3.8) is 0 Å². The van der Waals surface area contributed by atoms with Crippen LogP contribution in [0.3, 0.4) is 0 Å². The average molecular weight is 590 g/mol. The van der Waals surface area contributed by atoms with E-state index in [4.69, 9.17) is 25.5 Å². The number of carbonyl (C=O) groups is 3. The monoisotopic (exact) mass is 588 g/mol. The van der Waals surface area contributed by atoms with Crippen molar-refractivity contribution in [3.05, 3.63) is 86.4 Å². The minimum absolute atomic E-state index is 0.0227. The van der Waals surface area contributed by atoms with Gasteiger partial charge < -0.3 is 23.9 Å². The van der Waals surface area contributed by atoms with Crippen LogP contribution in [0.4, 0.5) is 4.79 Å². The smallest absolute Gasteiger partial charge is 0.373 e. The van der Waals surface area contributed by atoms with Crippen LogP contribution in [0, 0.1) is 0 Å². The molecule has 0 bridgehead atoms. The lowest BCUT2D eigenvalue weighted by atomic mass is 10.1. The maximum absolute atomic E-state index is 12.9. The topological polar surface area (TPSA) is 107 Å². The molecule has 3 aromatic rings. The molecular formula is C26H22BrClN2O7. The molecule has 37 heavy (non-hydrogen) atoms. The van der Waals surface area contributed by atoms with Gasteiger partial charge in [0.1, 0.15) is 18.1 Å². The molecule has 4 rings (SSSR count). The van der Waals surface area contributed by atoms with E-state index in [0.29, 0.717) is 33.2 Å². The third-order valence-corrected chi connectivity index (χ3v) is 6.25. The average Bonchev–Trinajstić information content (AvgIpc) is 3.44. The summed E-state index contributed by atoms with van der Waals surface area (Å²) < 4.78 is 22.3. The number of rotatable bonds is 9. The van der Waals surface area contributed by atoms with Crippen LogP contribution in [0.15, 0.2) is 63.1 Å². The number of nitrogens with zero attached hydrogens (tertiary/aromatic N) is 1. The number of carbonyl (C=O) groups excluding carboxylic acids is 3. The van der Waals surface area contributed by atoms with Crippen LogP contribution in [0.5, 0.6) is 11.5 Å². The van der Waals surface area contributed by atoms with E-state index in [0.717, 1.165) is 10.5 Å². The molecule has 1 fully saturated rings. The van der Waals surface area contributed by atoms with Gasteiger partial charge in [0.05, 0.1) is 24.7 Å². The Hall–Kier alpha value is -3.76. The molecule has 0 unspecified atom stereocenters. The van der Waals surface area contributed by atoms with E-state index in [-0.39, 0.29) is 30.4 Å². The summed E-state index contributed by atoms with van der Waals surface area (Å²) in [5, 5.41) is 3.16. The van der Waals surface area contributed by atoms with Gasteiger partial charge in [0, 0.05) is 10.6 Å². The van der Waals surface area contributed by atoms with Crippen molar-refractivity contribution in [3.8, 4) is 11.5 Å². The number of urea groups is 1. The van der Waals surface area contributed by atoms with Crippen molar-refractivity contribution in [2.24, 2.45) is 0 Å². The lowest BCUT2D eigenvalue weighted by Gasteiger charge is -2.15. The largest absolute Gasteiger partial charge is 0.490 e. The van der Waals surface area contributed by atoms with Gasteiger partial charge in [-0.15, -0.1) is 0 Å². The molecule has 0 atom stereocenters. The number of methoxy groups -OCH3 is 1. The number of imide groups is 1. The SMILES string of the molecule is CCOc1cc(/C=C2\NC(=O)N(Cc3ccc(C(=O)OC)o3)C2=O)cc(Br)c1OCc1ccccc1Cl. The molecule has 9 nitrogen and oxygen atoms in total. The van der Waals surface area contributed by atoms with Crippen molar-refractivity contribution in [1.29, 1.82) is 0 Å². The van der Waals surface area contributed by atoms with Crippen molar-refractivity contribution < 1.29 is 33.0 Å². The Morgan fingerprint density at radius 1 is 1.16 bits per heavy atom. The molecule has 1 aliphatic rings. The fraction of sp³-hybridized carbons (Fsp3) is 0.192. The van der Waals surface area contributed by atoms with Crippen LogP contribution in [0.1, 0.15) is 34.4 Å². The van der Waals surface area contributed by atoms with Gasteiger partial charge >= 0.3 is 12.0 Å². The number of amides is 3. The zero-order chi connectivity index (χ0) is 26.5. The summed E-state index contributed by atoms with van der Waals surface area (Å²) in [5.41, 5.74) is 1.49. The summed E-state index contributed by atoms with van der Waals surface area (Å²) in [7, 11) is 1.23. The lowest BCUT2D eigenvalue weighted by molar-refractivity contribution is -0.123. The lowest BCUT2D eigenvalue weighted by Crippen LogP contribution is -2.30. The van der Waals surface area contributed by atoms with Gasteiger partial charge in [-0.3, -0.25) is 9.69 Å². The fourth-order valence-electron chi connectivity index (χ4n) is 3.55. The summed E-state index contributed by atoms with van der Waals surface area (Å²) in [6, 6.07) is 13.1. The van der Waals surface area contributed by atoms with Crippen LogP contribution in [-0.2, 0) is 22.7 Å². The van der Waals surface area contributed by atoms with Gasteiger partial charge in [-0.05, 0) is 64.8 Å². The van der Waals surface area contributed by atoms with Crippen molar-refractivity contribution in [2.75, 3.05) is 13.7 Å². The minimum atomic E-state index is -0.654. The Morgan fingerprint density at radius 2 is 1.95 bits per heavy atom. The predicted molar refractivity (Wildman–Crippen MR) is 138 cm³/mol. The zero-order valence-corrected chi connectivity index (χ0v) is 22.2. The van der Waals surface area contributed by atoms with Crippen LogP contribution >= 0.6 is 27.5 Å². The number of nitrogens with one attached hydrogen (secondary N) is 1. The summed E-state index contributed by atoms with van der Waals surface area (Å²) in [5.74, 6) is -0.0351. The highest BCUT2D eigenvalue weighted by Gasteiger charge is 2.34. The molecule has 3 amide bonds. The first-order valence-electron chi connectivity index (χ1n) is 11.1. The van der Waals surface area contributed by atoms with E-state index < -0.39 is 17.9 Å². The van der Waals surface area contributed by atoms with Crippen molar-refractivity contribution in [2.45, 2.75) is 20.1 Å². The first-order valence-corrected chi connectivity index (χ1v) is 12.3. The van der Waals surface area contributed by atoms with Gasteiger partial charge in [-0.25, -0.2) is 9.59 Å². The third kappa shape index (κ3) is 5.98. The van der Waals surface area contributed by atoms with Gasteiger partial charge in [0.15, 0.2) is 11.5 Å². The molecule has 0 aliphatic carbocycles. The molecule has 1 saturated heterocycles. The van der Waals surface area contributed by atoms with Crippen LogP contribution < -0.4 is 14.8 Å². The number of ether oxygens (including phenoxy) is 3. The molecule has 2 aromatic carbocycles. The second kappa shape index (κ2) is 11.5. The highest BCUT2D eigenvalue weighted by Crippen LogP contribution is 2.38. The van der Waals surface area contributed by atoms with E-state index in [9.17, 15) is 14.4 Å². The Morgan fingerprint density at radius 3 is 2.68 bits per heavy atom. The van der Waals surface area contributed by atoms with Gasteiger partial charge in [-0.2, -0.15) is 0 Å². The second-order valence-corrected chi connectivity index (χ2v) is 9.04. The summed E-state index contributed by atoms with van der Waals surface area (Å²) in [4.78, 5) is 38.0. The van der Waals surface area contributed by atoms with Crippen molar-refractivity contribution in [1.82, 2.24) is 10.2 Å². The molecule has 2 heterocycles. The summed E-state index contributed by atoms with van der Waals surface area (Å²) in [6.45, 7) is 2.30. The Balaban J connectivity index is 1.53. The molecule has 1 N–H and O–H groups in total. The van der Waals surface area contributed by atoms with E-state index in [1.54, 1.807) is 18.2 Å². The maximum Gasteiger partial charge on any atom is 0.373 e. The Kier molecular flexibility index (Phi) is 8.20. The van der Waals surface area contributed by atoms with Gasteiger partial charge in [0.2, 0.25) is 5.76 Å². The third-order valence-electron chi connectivity index (χ3n) is 5.30. The van der Waals surface area contributed by atoms with Crippen LogP contribution in [0.25, 0.3) is 6.08 Å². The van der Waals surface area contributed by atoms with Crippen LogP contribution in [-0.4, -0.2) is 36.5 Å². The summed E-state index contributed by atoms with van der Waals surface area (Å²) in [6.07, 6.45) is 1.54. The standard InChI is InChI=1S/C26H22BrClN2O7/c1-3-35-22-12-15(10-18(27)23(22)36-14-16-6-4-5-7-19(16)28)11-20-24(31)30(26(33)29-20)13-17-8-9-21(37-17)25(32)34-2/h4-12H,3,13-14H2,1-2H3,(H,29,33)/b20-11-. The van der Waals surface area contributed by atoms with E-state index in [1.807, 2.05) is 25.1 Å². The van der Waals surface area contributed by atoms with Crippen LogP contribution in [0.2, 0.25) is 5.02 Å². The van der Waals surface area contributed by atoms with Crippen molar-refractivity contribution >= 4 is 51.5 Å². The number of hydrogen-bond acceptors (Lipinski definition) is 7. The Labute approximate surface area is 226 Å². The molecule has 11 heteroatoms. The number of hydrogen-bond donors (Lipinski definition) is 1. The number of benzene rings is 2. The maximum atomic E-state index is 12.9. The van der Waals surface area contributed by atoms with Gasteiger partial charge in [0.25, 0.3) is 5.91 Å². The first kappa shape index (κ1) is 26.3. The Bertz CT molecular complexity index is 1380. The molecule has 192 valence electrons. The van der Waals surface area contributed by atoms with E-state index in [1.165, 1.54) is 25.3 Å².